The molecule has 0 amide bonds. The molecule has 1 aromatic heterocycles. The summed E-state index contributed by atoms with van der Waals surface area (Å²) in [6.07, 6.45) is 0. The molecule has 0 N–H and O–H groups in total. The first-order chi connectivity index (χ1) is 30.7. The maximum absolute atomic E-state index is 9.65. The number of hydrogen-bond acceptors (Lipinski definition) is 5. The van der Waals surface area contributed by atoms with Crippen LogP contribution in [0.15, 0.2) is 206 Å². The third kappa shape index (κ3) is 5.44. The summed E-state index contributed by atoms with van der Waals surface area (Å²) in [5.41, 5.74) is 14.1. The van der Waals surface area contributed by atoms with Crippen LogP contribution in [0.25, 0.3) is 78.3 Å². The average molecular weight is 791 g/mol. The van der Waals surface area contributed by atoms with Gasteiger partial charge in [-0.3, -0.25) is 0 Å². The fraction of sp³-hybridized carbons (Fsp3) is 0.0175. The number of nitriles is 1. The number of fused-ring (bicyclic) bond motifs is 11. The molecule has 10 aromatic rings. The monoisotopic (exact) mass is 790 g/mol. The topological polar surface area (TPSA) is 71.7 Å². The van der Waals surface area contributed by atoms with E-state index in [1.807, 2.05) is 72.8 Å². The summed E-state index contributed by atoms with van der Waals surface area (Å²) in [5.74, 6) is 3.54. The minimum atomic E-state index is -0.690. The predicted octanol–water partition coefficient (Wildman–Crippen LogP) is 13.7. The second kappa shape index (κ2) is 14.1. The van der Waals surface area contributed by atoms with Crippen LogP contribution in [0.2, 0.25) is 0 Å². The molecule has 12 rings (SSSR count). The van der Waals surface area contributed by atoms with Crippen LogP contribution >= 0.6 is 0 Å². The van der Waals surface area contributed by atoms with Crippen LogP contribution in [-0.4, -0.2) is 15.0 Å². The van der Waals surface area contributed by atoms with Crippen molar-refractivity contribution in [3.8, 4) is 85.1 Å². The van der Waals surface area contributed by atoms with Crippen LogP contribution in [0.1, 0.15) is 27.8 Å². The maximum Gasteiger partial charge on any atom is 0.164 e. The smallest absolute Gasteiger partial charge is 0.164 e. The summed E-state index contributed by atoms with van der Waals surface area (Å²) < 4.78 is 6.83. The lowest BCUT2D eigenvalue weighted by atomic mass is 9.65. The Labute approximate surface area is 358 Å². The Balaban J connectivity index is 1.04. The van der Waals surface area contributed by atoms with Gasteiger partial charge in [0.2, 0.25) is 0 Å². The molecule has 1 aliphatic heterocycles. The van der Waals surface area contributed by atoms with Gasteiger partial charge in [0, 0.05) is 27.8 Å². The summed E-state index contributed by atoms with van der Waals surface area (Å²) in [7, 11) is 0. The molecular weight excluding hydrogens is 757 g/mol. The molecule has 1 atom stereocenters. The zero-order chi connectivity index (χ0) is 41.2. The van der Waals surface area contributed by atoms with Gasteiger partial charge >= 0.3 is 0 Å². The molecule has 62 heavy (non-hydrogen) atoms. The molecule has 1 unspecified atom stereocenters. The predicted molar refractivity (Wildman–Crippen MR) is 247 cm³/mol. The molecule has 2 heterocycles. The van der Waals surface area contributed by atoms with Crippen molar-refractivity contribution in [3.05, 3.63) is 234 Å². The van der Waals surface area contributed by atoms with Gasteiger partial charge < -0.3 is 4.74 Å². The van der Waals surface area contributed by atoms with Crippen LogP contribution in [0.3, 0.4) is 0 Å². The zero-order valence-electron chi connectivity index (χ0n) is 33.3. The lowest BCUT2D eigenvalue weighted by Gasteiger charge is -2.40. The highest BCUT2D eigenvalue weighted by Crippen LogP contribution is 2.64. The van der Waals surface area contributed by atoms with Gasteiger partial charge in [-0.2, -0.15) is 5.26 Å². The number of para-hydroxylation sites is 1. The Hall–Kier alpha value is -8.46. The summed E-state index contributed by atoms with van der Waals surface area (Å²) >= 11 is 0. The Kier molecular flexibility index (Phi) is 8.06. The van der Waals surface area contributed by atoms with Crippen molar-refractivity contribution in [1.29, 1.82) is 5.26 Å². The Morgan fingerprint density at radius 1 is 0.371 bits per heavy atom. The SMILES string of the molecule is N#Cc1ccc(-c2cc3c(c4ccccc24)-c2ccccc2C32c3ccccc3Oc3ccc(-c4ccc(-c5nc(-c6ccccc6)nc(-c6ccccc6)n5)cc4)cc32)cc1. The molecule has 0 saturated carbocycles. The second-order valence-corrected chi connectivity index (χ2v) is 15.8. The second-order valence-electron chi connectivity index (χ2n) is 15.8. The van der Waals surface area contributed by atoms with E-state index >= 15 is 0 Å². The number of aromatic nitrogens is 3. The molecule has 0 saturated heterocycles. The number of benzene rings is 9. The molecular formula is C57H34N4O. The standard InChI is InChI=1S/C57H34N4O/c58-35-36-23-25-38(26-24-36)46-34-50-53(44-18-8-7-17-43(44)46)45-19-9-10-20-47(45)57(50)48-21-11-12-22-51(48)62-52-32-31-42(33-49(52)57)37-27-29-41(30-28-37)56-60-54(39-13-3-1-4-14-39)59-55(61-56)40-15-5-2-6-16-40/h1-34H. The number of ether oxygens (including phenoxy) is 1. The molecule has 0 bridgehead atoms. The van der Waals surface area contributed by atoms with Crippen LogP contribution < -0.4 is 4.74 Å². The highest BCUT2D eigenvalue weighted by atomic mass is 16.5. The lowest BCUT2D eigenvalue weighted by molar-refractivity contribution is 0.436. The van der Waals surface area contributed by atoms with Gasteiger partial charge in [-0.05, 0) is 91.7 Å². The maximum atomic E-state index is 9.65. The average Bonchev–Trinajstić information content (AvgIpc) is 3.64. The van der Waals surface area contributed by atoms with Gasteiger partial charge in [0.1, 0.15) is 11.5 Å². The molecule has 2 aliphatic rings. The van der Waals surface area contributed by atoms with E-state index in [1.165, 1.54) is 33.0 Å². The first-order valence-electron chi connectivity index (χ1n) is 20.7. The zero-order valence-corrected chi connectivity index (χ0v) is 33.3. The van der Waals surface area contributed by atoms with Gasteiger partial charge in [0.15, 0.2) is 17.5 Å². The lowest BCUT2D eigenvalue weighted by Crippen LogP contribution is -2.32. The van der Waals surface area contributed by atoms with Gasteiger partial charge in [0.05, 0.1) is 17.0 Å². The summed E-state index contributed by atoms with van der Waals surface area (Å²) in [5, 5.41) is 12.0. The van der Waals surface area contributed by atoms with Crippen LogP contribution in [0.4, 0.5) is 0 Å². The van der Waals surface area contributed by atoms with E-state index in [0.717, 1.165) is 61.6 Å². The van der Waals surface area contributed by atoms with Crippen molar-refractivity contribution in [1.82, 2.24) is 15.0 Å². The van der Waals surface area contributed by atoms with E-state index in [2.05, 4.69) is 140 Å². The van der Waals surface area contributed by atoms with Crippen LogP contribution in [0.5, 0.6) is 11.5 Å². The van der Waals surface area contributed by atoms with Gasteiger partial charge in [0.25, 0.3) is 0 Å². The van der Waals surface area contributed by atoms with E-state index in [9.17, 15) is 5.26 Å². The van der Waals surface area contributed by atoms with E-state index in [0.29, 0.717) is 23.0 Å². The Bertz CT molecular complexity index is 3370. The largest absolute Gasteiger partial charge is 0.457 e. The summed E-state index contributed by atoms with van der Waals surface area (Å²) in [6, 6.07) is 73.9. The Morgan fingerprint density at radius 3 is 1.56 bits per heavy atom. The molecule has 5 heteroatoms. The van der Waals surface area contributed by atoms with Gasteiger partial charge in [-0.25, -0.2) is 15.0 Å². The first kappa shape index (κ1) is 35.5. The third-order valence-electron chi connectivity index (χ3n) is 12.4. The van der Waals surface area contributed by atoms with Crippen molar-refractivity contribution in [2.75, 3.05) is 0 Å². The van der Waals surface area contributed by atoms with Crippen molar-refractivity contribution in [2.45, 2.75) is 5.41 Å². The fourth-order valence-corrected chi connectivity index (χ4v) is 9.65. The van der Waals surface area contributed by atoms with Crippen molar-refractivity contribution < 1.29 is 4.74 Å². The third-order valence-corrected chi connectivity index (χ3v) is 12.4. The van der Waals surface area contributed by atoms with Gasteiger partial charge in [-0.1, -0.05) is 170 Å². The quantitative estimate of drug-likeness (QED) is 0.174. The summed E-state index contributed by atoms with van der Waals surface area (Å²) in [6.45, 7) is 0. The van der Waals surface area contributed by atoms with E-state index in [-0.39, 0.29) is 0 Å². The minimum absolute atomic E-state index is 0.614. The number of hydrogen-bond donors (Lipinski definition) is 0. The normalized spacial score (nSPS) is 14.3. The van der Waals surface area contributed by atoms with Gasteiger partial charge in [-0.15, -0.1) is 0 Å². The molecule has 1 aliphatic carbocycles. The highest BCUT2D eigenvalue weighted by Gasteiger charge is 2.52. The van der Waals surface area contributed by atoms with E-state index in [1.54, 1.807) is 0 Å². The molecule has 288 valence electrons. The van der Waals surface area contributed by atoms with E-state index < -0.39 is 5.41 Å². The molecule has 0 radical (unpaired) electrons. The fourth-order valence-electron chi connectivity index (χ4n) is 9.65. The van der Waals surface area contributed by atoms with E-state index in [4.69, 9.17) is 19.7 Å². The molecule has 9 aromatic carbocycles. The van der Waals surface area contributed by atoms with Crippen LogP contribution in [0, 0.1) is 11.3 Å². The van der Waals surface area contributed by atoms with Crippen molar-refractivity contribution >= 4 is 10.8 Å². The minimum Gasteiger partial charge on any atom is -0.457 e. The first-order valence-corrected chi connectivity index (χ1v) is 20.7. The van der Waals surface area contributed by atoms with Crippen LogP contribution in [-0.2, 0) is 5.41 Å². The highest BCUT2D eigenvalue weighted by molar-refractivity contribution is 6.10. The molecule has 1 spiro atoms. The Morgan fingerprint density at radius 2 is 0.887 bits per heavy atom. The van der Waals surface area contributed by atoms with Crippen molar-refractivity contribution in [2.24, 2.45) is 0 Å². The summed E-state index contributed by atoms with van der Waals surface area (Å²) in [4.78, 5) is 14.8. The molecule has 0 fully saturated rings. The molecule has 5 nitrogen and oxygen atoms in total. The number of rotatable bonds is 5. The number of nitrogens with zero attached hydrogens (tertiary/aromatic N) is 4. The van der Waals surface area contributed by atoms with Crippen molar-refractivity contribution in [3.63, 3.8) is 0 Å².